The third kappa shape index (κ3) is 4.28. The summed E-state index contributed by atoms with van der Waals surface area (Å²) in [6, 6.07) is 0. The van der Waals surface area contributed by atoms with Crippen LogP contribution in [0.25, 0.3) is 0 Å². The molecule has 0 saturated carbocycles. The van der Waals surface area contributed by atoms with E-state index in [0.717, 1.165) is 5.03 Å². The Morgan fingerprint density at radius 1 is 1.44 bits per heavy atom. The normalized spacial score (nSPS) is 13.7. The molecular formula is C8H13Cl. The molecule has 0 amide bonds. The highest BCUT2D eigenvalue weighted by atomic mass is 35.5. The van der Waals surface area contributed by atoms with Gasteiger partial charge in [-0.15, -0.1) is 0 Å². The first-order valence-electron chi connectivity index (χ1n) is 3.17. The lowest BCUT2D eigenvalue weighted by Crippen LogP contribution is -1.83. The van der Waals surface area contributed by atoms with E-state index < -0.39 is 0 Å². The van der Waals surface area contributed by atoms with E-state index in [2.05, 4.69) is 13.8 Å². The van der Waals surface area contributed by atoms with Crippen molar-refractivity contribution in [1.82, 2.24) is 0 Å². The van der Waals surface area contributed by atoms with Crippen LogP contribution in [0.3, 0.4) is 0 Å². The predicted molar refractivity (Wildman–Crippen MR) is 43.6 cm³/mol. The quantitative estimate of drug-likeness (QED) is 0.522. The second-order valence-corrected chi connectivity index (χ2v) is 2.67. The Hall–Kier alpha value is -0.230. The van der Waals surface area contributed by atoms with E-state index in [-0.39, 0.29) is 0 Å². The Morgan fingerprint density at radius 3 is 2.33 bits per heavy atom. The Labute approximate surface area is 62.2 Å². The SMILES string of the molecule is C/C=C\C=C(\Cl)C(C)C. The summed E-state index contributed by atoms with van der Waals surface area (Å²) in [5.41, 5.74) is 0. The van der Waals surface area contributed by atoms with Crippen molar-refractivity contribution in [3.63, 3.8) is 0 Å². The van der Waals surface area contributed by atoms with E-state index in [9.17, 15) is 0 Å². The predicted octanol–water partition coefficient (Wildman–Crippen LogP) is 3.34. The van der Waals surface area contributed by atoms with Crippen LogP contribution in [-0.4, -0.2) is 0 Å². The summed E-state index contributed by atoms with van der Waals surface area (Å²) in [5, 5.41) is 0.910. The highest BCUT2D eigenvalue weighted by molar-refractivity contribution is 6.29. The number of halogens is 1. The number of hydrogen-bond donors (Lipinski definition) is 0. The Bertz CT molecular complexity index is 121. The first kappa shape index (κ1) is 8.77. The zero-order valence-corrected chi connectivity index (χ0v) is 6.94. The smallest absolute Gasteiger partial charge is 0.0206 e. The lowest BCUT2D eigenvalue weighted by Gasteiger charge is -1.98. The van der Waals surface area contributed by atoms with E-state index in [4.69, 9.17) is 11.6 Å². The summed E-state index contributed by atoms with van der Waals surface area (Å²) in [6.07, 6.45) is 5.83. The molecule has 0 aliphatic carbocycles. The highest BCUT2D eigenvalue weighted by Gasteiger charge is 1.94. The average molecular weight is 145 g/mol. The fourth-order valence-electron chi connectivity index (χ4n) is 0.381. The number of rotatable bonds is 2. The van der Waals surface area contributed by atoms with Gasteiger partial charge in [0.05, 0.1) is 0 Å². The van der Waals surface area contributed by atoms with Crippen LogP contribution in [0.5, 0.6) is 0 Å². The van der Waals surface area contributed by atoms with Gasteiger partial charge in [0.2, 0.25) is 0 Å². The second-order valence-electron chi connectivity index (χ2n) is 2.23. The van der Waals surface area contributed by atoms with Gasteiger partial charge in [0.25, 0.3) is 0 Å². The molecule has 52 valence electrons. The van der Waals surface area contributed by atoms with E-state index in [0.29, 0.717) is 5.92 Å². The molecule has 0 aromatic heterocycles. The third-order valence-corrected chi connectivity index (χ3v) is 1.56. The van der Waals surface area contributed by atoms with Gasteiger partial charge in [-0.3, -0.25) is 0 Å². The molecule has 0 nitrogen and oxygen atoms in total. The van der Waals surface area contributed by atoms with Gasteiger partial charge in [0.15, 0.2) is 0 Å². The van der Waals surface area contributed by atoms with Gasteiger partial charge in [-0.05, 0) is 18.9 Å². The third-order valence-electron chi connectivity index (χ3n) is 0.999. The lowest BCUT2D eigenvalue weighted by atomic mass is 10.2. The van der Waals surface area contributed by atoms with Crippen molar-refractivity contribution < 1.29 is 0 Å². The van der Waals surface area contributed by atoms with Gasteiger partial charge >= 0.3 is 0 Å². The minimum atomic E-state index is 0.447. The summed E-state index contributed by atoms with van der Waals surface area (Å²) in [4.78, 5) is 0. The van der Waals surface area contributed by atoms with Gasteiger partial charge in [-0.25, -0.2) is 0 Å². The summed E-state index contributed by atoms with van der Waals surface area (Å²) >= 11 is 5.80. The van der Waals surface area contributed by atoms with Crippen molar-refractivity contribution in [2.75, 3.05) is 0 Å². The molecule has 9 heavy (non-hydrogen) atoms. The van der Waals surface area contributed by atoms with Gasteiger partial charge in [-0.1, -0.05) is 37.6 Å². The molecule has 0 aliphatic rings. The molecule has 0 atom stereocenters. The maximum atomic E-state index is 5.80. The van der Waals surface area contributed by atoms with Gasteiger partial charge in [0.1, 0.15) is 0 Å². The molecule has 0 aromatic carbocycles. The average Bonchev–Trinajstić information content (AvgIpc) is 1.82. The maximum absolute atomic E-state index is 5.80. The zero-order valence-electron chi connectivity index (χ0n) is 6.19. The van der Waals surface area contributed by atoms with Crippen LogP contribution >= 0.6 is 11.6 Å². The molecule has 0 heterocycles. The first-order valence-corrected chi connectivity index (χ1v) is 3.54. The van der Waals surface area contributed by atoms with Gasteiger partial charge in [-0.2, -0.15) is 0 Å². The van der Waals surface area contributed by atoms with Crippen LogP contribution in [0, 0.1) is 5.92 Å². The largest absolute Gasteiger partial charge is 0.0889 e. The molecule has 1 heteroatoms. The van der Waals surface area contributed by atoms with Crippen LogP contribution < -0.4 is 0 Å². The minimum absolute atomic E-state index is 0.447. The van der Waals surface area contributed by atoms with E-state index in [1.807, 2.05) is 25.2 Å². The monoisotopic (exact) mass is 144 g/mol. The molecule has 0 aliphatic heterocycles. The maximum Gasteiger partial charge on any atom is 0.0206 e. The molecular weight excluding hydrogens is 132 g/mol. The van der Waals surface area contributed by atoms with Crippen LogP contribution in [0.2, 0.25) is 0 Å². The van der Waals surface area contributed by atoms with Crippen molar-refractivity contribution >= 4 is 11.6 Å². The van der Waals surface area contributed by atoms with Crippen LogP contribution in [0.4, 0.5) is 0 Å². The summed E-state index contributed by atoms with van der Waals surface area (Å²) in [5.74, 6) is 0.447. The van der Waals surface area contributed by atoms with Gasteiger partial charge in [0, 0.05) is 5.03 Å². The molecule has 0 radical (unpaired) electrons. The molecule has 0 unspecified atom stereocenters. The standard InChI is InChI=1S/C8H13Cl/c1-4-5-6-8(9)7(2)3/h4-7H,1-3H3/b5-4-,8-6+. The van der Waals surface area contributed by atoms with Crippen LogP contribution in [-0.2, 0) is 0 Å². The molecule has 0 rings (SSSR count). The van der Waals surface area contributed by atoms with E-state index in [1.165, 1.54) is 0 Å². The summed E-state index contributed by atoms with van der Waals surface area (Å²) in [7, 11) is 0. The molecule has 0 aromatic rings. The Balaban J connectivity index is 3.84. The van der Waals surface area contributed by atoms with E-state index in [1.54, 1.807) is 0 Å². The number of hydrogen-bond acceptors (Lipinski definition) is 0. The highest BCUT2D eigenvalue weighted by Crippen LogP contribution is 2.13. The summed E-state index contributed by atoms with van der Waals surface area (Å²) in [6.45, 7) is 6.12. The molecule has 0 fully saturated rings. The van der Waals surface area contributed by atoms with Crippen LogP contribution in [0.1, 0.15) is 20.8 Å². The topological polar surface area (TPSA) is 0 Å². The number of allylic oxidation sites excluding steroid dienone is 4. The molecule has 0 N–H and O–H groups in total. The molecule has 0 saturated heterocycles. The second kappa shape index (κ2) is 4.63. The Kier molecular flexibility index (Phi) is 4.51. The molecule has 0 bridgehead atoms. The first-order chi connectivity index (χ1) is 4.18. The molecule has 0 spiro atoms. The minimum Gasteiger partial charge on any atom is -0.0889 e. The van der Waals surface area contributed by atoms with Crippen molar-refractivity contribution in [2.45, 2.75) is 20.8 Å². The fraction of sp³-hybridized carbons (Fsp3) is 0.500. The zero-order chi connectivity index (χ0) is 7.28. The van der Waals surface area contributed by atoms with Crippen LogP contribution in [0.15, 0.2) is 23.3 Å². The van der Waals surface area contributed by atoms with Crippen molar-refractivity contribution in [1.29, 1.82) is 0 Å². The van der Waals surface area contributed by atoms with Crippen molar-refractivity contribution in [2.24, 2.45) is 5.92 Å². The fourth-order valence-corrected chi connectivity index (χ4v) is 0.453. The van der Waals surface area contributed by atoms with E-state index >= 15 is 0 Å². The Morgan fingerprint density at radius 2 is 2.00 bits per heavy atom. The summed E-state index contributed by atoms with van der Waals surface area (Å²) < 4.78 is 0. The van der Waals surface area contributed by atoms with Crippen molar-refractivity contribution in [3.8, 4) is 0 Å². The van der Waals surface area contributed by atoms with Crippen molar-refractivity contribution in [3.05, 3.63) is 23.3 Å². The van der Waals surface area contributed by atoms with Gasteiger partial charge < -0.3 is 0 Å². The lowest BCUT2D eigenvalue weighted by molar-refractivity contribution is 0.813.